The lowest BCUT2D eigenvalue weighted by molar-refractivity contribution is -0.137. The zero-order valence-electron chi connectivity index (χ0n) is 22.1. The molecule has 0 atom stereocenters. The van der Waals surface area contributed by atoms with Gasteiger partial charge in [-0.1, -0.05) is 12.2 Å². The van der Waals surface area contributed by atoms with Gasteiger partial charge in [0.05, 0.1) is 5.56 Å². The maximum Gasteiger partial charge on any atom is 0.416 e. The average Bonchev–Trinajstić information content (AvgIpc) is 3.38. The van der Waals surface area contributed by atoms with Gasteiger partial charge in [-0.05, 0) is 37.6 Å². The fourth-order valence-electron chi connectivity index (χ4n) is 4.98. The summed E-state index contributed by atoms with van der Waals surface area (Å²) in [5.41, 5.74) is -0.145. The molecule has 2 aliphatic rings. The first-order valence-electron chi connectivity index (χ1n) is 12.9. The van der Waals surface area contributed by atoms with Crippen LogP contribution in [0.2, 0.25) is 0 Å². The molecular weight excluding hydrogens is 529 g/mol. The summed E-state index contributed by atoms with van der Waals surface area (Å²) >= 11 is 0. The lowest BCUT2D eigenvalue weighted by atomic mass is 10.2. The fraction of sp³-hybridized carbons (Fsp3) is 0.423. The van der Waals surface area contributed by atoms with Crippen LogP contribution in [0.4, 0.5) is 30.5 Å². The second kappa shape index (κ2) is 10.7. The van der Waals surface area contributed by atoms with Crippen LogP contribution in [0.15, 0.2) is 41.2 Å². The molecule has 14 heteroatoms. The second-order valence-corrected chi connectivity index (χ2v) is 9.77. The maximum atomic E-state index is 13.7. The zero-order valence-corrected chi connectivity index (χ0v) is 22.1. The number of hydrogen-bond donors (Lipinski definition) is 1. The molecule has 0 aliphatic carbocycles. The zero-order chi connectivity index (χ0) is 28.6. The van der Waals surface area contributed by atoms with Gasteiger partial charge in [-0.15, -0.1) is 5.10 Å². The summed E-state index contributed by atoms with van der Waals surface area (Å²) in [6, 6.07) is 4.17. The number of amides is 2. The summed E-state index contributed by atoms with van der Waals surface area (Å²) in [5, 5.41) is 7.12. The summed E-state index contributed by atoms with van der Waals surface area (Å²) in [6.45, 7) is 5.98. The SMILES string of the molecule is CC(=O)N1CCN(c2c(C)n(CC(=O)Nc3ccc(C(F)(F)F)cc3)c3nc(N4CC=CCC4)nn3c2=O)CC1. The Kier molecular flexibility index (Phi) is 7.25. The Morgan fingerprint density at radius 3 is 2.30 bits per heavy atom. The normalized spacial score (nSPS) is 16.1. The number of carbonyl (C=O) groups excluding carboxylic acids is 2. The Hall–Kier alpha value is -4.36. The van der Waals surface area contributed by atoms with Crippen LogP contribution in [-0.2, 0) is 22.3 Å². The molecule has 0 unspecified atom stereocenters. The Morgan fingerprint density at radius 2 is 1.70 bits per heavy atom. The number of benzene rings is 1. The first-order chi connectivity index (χ1) is 19.0. The van der Waals surface area contributed by atoms with E-state index in [2.05, 4.69) is 21.5 Å². The number of rotatable bonds is 5. The fourth-order valence-corrected chi connectivity index (χ4v) is 4.98. The van der Waals surface area contributed by atoms with E-state index in [1.54, 1.807) is 16.4 Å². The molecule has 2 amide bonds. The summed E-state index contributed by atoms with van der Waals surface area (Å²) in [5.74, 6) is -0.0103. The Balaban J connectivity index is 1.50. The molecular formula is C26H29F3N8O3. The summed E-state index contributed by atoms with van der Waals surface area (Å²) in [7, 11) is 0. The highest BCUT2D eigenvalue weighted by atomic mass is 19.4. The minimum absolute atomic E-state index is 0.0410. The quantitative estimate of drug-likeness (QED) is 0.479. The van der Waals surface area contributed by atoms with Crippen LogP contribution < -0.4 is 20.7 Å². The van der Waals surface area contributed by atoms with Crippen LogP contribution in [-0.4, -0.2) is 75.1 Å². The van der Waals surface area contributed by atoms with Crippen molar-refractivity contribution in [3.63, 3.8) is 0 Å². The van der Waals surface area contributed by atoms with E-state index in [0.717, 1.165) is 18.6 Å². The van der Waals surface area contributed by atoms with Gasteiger partial charge in [-0.25, -0.2) is 0 Å². The highest BCUT2D eigenvalue weighted by Crippen LogP contribution is 2.30. The molecule has 11 nitrogen and oxygen atoms in total. The molecule has 2 aliphatic heterocycles. The minimum atomic E-state index is -4.48. The lowest BCUT2D eigenvalue weighted by Gasteiger charge is -2.36. The van der Waals surface area contributed by atoms with Crippen molar-refractivity contribution in [1.29, 1.82) is 0 Å². The van der Waals surface area contributed by atoms with Crippen molar-refractivity contribution in [2.45, 2.75) is 33.0 Å². The first kappa shape index (κ1) is 27.2. The largest absolute Gasteiger partial charge is 0.416 e. The van der Waals surface area contributed by atoms with Gasteiger partial charge in [0.2, 0.25) is 23.5 Å². The van der Waals surface area contributed by atoms with Gasteiger partial charge in [0.15, 0.2) is 0 Å². The van der Waals surface area contributed by atoms with E-state index in [4.69, 9.17) is 0 Å². The minimum Gasteiger partial charge on any atom is -0.362 e. The predicted octanol–water partition coefficient (Wildman–Crippen LogP) is 2.29. The highest BCUT2D eigenvalue weighted by Gasteiger charge is 2.30. The number of halogens is 3. The molecule has 5 rings (SSSR count). The van der Waals surface area contributed by atoms with Gasteiger partial charge in [-0.2, -0.15) is 22.7 Å². The molecule has 0 bridgehead atoms. The van der Waals surface area contributed by atoms with Gasteiger partial charge in [0.1, 0.15) is 12.2 Å². The number of carbonyl (C=O) groups is 2. The Labute approximate surface area is 227 Å². The molecule has 40 heavy (non-hydrogen) atoms. The number of anilines is 3. The molecule has 1 N–H and O–H groups in total. The van der Waals surface area contributed by atoms with Crippen LogP contribution in [0, 0.1) is 6.92 Å². The third-order valence-electron chi connectivity index (χ3n) is 7.14. The van der Waals surface area contributed by atoms with Crippen molar-refractivity contribution in [2.24, 2.45) is 0 Å². The van der Waals surface area contributed by atoms with E-state index in [0.29, 0.717) is 56.6 Å². The molecule has 4 heterocycles. The molecule has 0 saturated carbocycles. The highest BCUT2D eigenvalue weighted by molar-refractivity contribution is 5.91. The van der Waals surface area contributed by atoms with E-state index >= 15 is 0 Å². The van der Waals surface area contributed by atoms with Crippen LogP contribution >= 0.6 is 0 Å². The lowest BCUT2D eigenvalue weighted by Crippen LogP contribution is -2.50. The summed E-state index contributed by atoms with van der Waals surface area (Å²) < 4.78 is 41.5. The van der Waals surface area contributed by atoms with Gasteiger partial charge in [0, 0.05) is 57.6 Å². The third kappa shape index (κ3) is 5.38. The van der Waals surface area contributed by atoms with Crippen molar-refractivity contribution >= 4 is 34.9 Å². The van der Waals surface area contributed by atoms with Gasteiger partial charge < -0.3 is 24.6 Å². The van der Waals surface area contributed by atoms with Gasteiger partial charge in [-0.3, -0.25) is 14.4 Å². The van der Waals surface area contributed by atoms with Gasteiger partial charge >= 0.3 is 6.18 Å². The average molecular weight is 559 g/mol. The van der Waals surface area contributed by atoms with Crippen molar-refractivity contribution in [3.05, 3.63) is 58.0 Å². The van der Waals surface area contributed by atoms with Crippen LogP contribution in [0.25, 0.3) is 5.78 Å². The van der Waals surface area contributed by atoms with E-state index in [-0.39, 0.29) is 29.5 Å². The summed E-state index contributed by atoms with van der Waals surface area (Å²) in [6.07, 6.45) is 0.368. The van der Waals surface area contributed by atoms with Crippen molar-refractivity contribution < 1.29 is 22.8 Å². The molecule has 212 valence electrons. The van der Waals surface area contributed by atoms with Crippen molar-refractivity contribution in [2.75, 3.05) is 54.4 Å². The van der Waals surface area contributed by atoms with Crippen LogP contribution in [0.3, 0.4) is 0 Å². The number of piperazine rings is 1. The number of aromatic nitrogens is 4. The topological polar surface area (TPSA) is 108 Å². The molecule has 2 aromatic heterocycles. The van der Waals surface area contributed by atoms with Crippen molar-refractivity contribution in [3.8, 4) is 0 Å². The third-order valence-corrected chi connectivity index (χ3v) is 7.14. The van der Waals surface area contributed by atoms with Crippen LogP contribution in [0.5, 0.6) is 0 Å². The van der Waals surface area contributed by atoms with E-state index in [1.807, 2.05) is 15.9 Å². The molecule has 0 radical (unpaired) electrons. The van der Waals surface area contributed by atoms with Crippen LogP contribution in [0.1, 0.15) is 24.6 Å². The molecule has 1 saturated heterocycles. The van der Waals surface area contributed by atoms with Crippen molar-refractivity contribution in [1.82, 2.24) is 24.1 Å². The number of nitrogens with zero attached hydrogens (tertiary/aromatic N) is 7. The molecule has 1 fully saturated rings. The van der Waals surface area contributed by atoms with Gasteiger partial charge in [0.25, 0.3) is 5.56 Å². The number of nitrogens with one attached hydrogen (secondary N) is 1. The maximum absolute atomic E-state index is 13.7. The predicted molar refractivity (Wildman–Crippen MR) is 142 cm³/mol. The number of alkyl halides is 3. The first-order valence-corrected chi connectivity index (χ1v) is 12.9. The van der Waals surface area contributed by atoms with E-state index in [9.17, 15) is 27.6 Å². The Bertz CT molecular complexity index is 1520. The van der Waals surface area contributed by atoms with E-state index < -0.39 is 17.6 Å². The van der Waals surface area contributed by atoms with E-state index in [1.165, 1.54) is 23.6 Å². The standard InChI is InChI=1S/C26H29F3N8O3/c1-17-22(34-14-12-33(13-15-34)18(2)38)23(40)37-25(31-24(32-37)35-10-4-3-5-11-35)36(17)16-21(39)30-20-8-6-19(7-9-20)26(27,28)29/h3-4,6-9H,5,10-16H2,1-2H3,(H,30,39). The smallest absolute Gasteiger partial charge is 0.362 e. The molecule has 1 aromatic carbocycles. The molecule has 0 spiro atoms. The second-order valence-electron chi connectivity index (χ2n) is 9.77. The summed E-state index contributed by atoms with van der Waals surface area (Å²) in [4.78, 5) is 48.7. The monoisotopic (exact) mass is 558 g/mol. The number of fused-ring (bicyclic) bond motifs is 1. The Morgan fingerprint density at radius 1 is 1.00 bits per heavy atom. The number of hydrogen-bond acceptors (Lipinski definition) is 7. The molecule has 3 aromatic rings.